The molecule has 140 valence electrons. The number of ether oxygens (including phenoxy) is 1. The molecular formula is C16H8F4N2O4S. The van der Waals surface area contributed by atoms with Crippen molar-refractivity contribution in [1.29, 1.82) is 0 Å². The Balaban J connectivity index is 1.83. The molecule has 0 aliphatic heterocycles. The van der Waals surface area contributed by atoms with Gasteiger partial charge >= 0.3 is 11.2 Å². The molecule has 0 radical (unpaired) electrons. The number of hydrogen-bond donors (Lipinski definition) is 0. The second-order valence-corrected chi connectivity index (χ2v) is 6.35. The lowest BCUT2D eigenvalue weighted by Crippen LogP contribution is -2.12. The van der Waals surface area contributed by atoms with Crippen LogP contribution in [0.1, 0.15) is 10.4 Å². The van der Waals surface area contributed by atoms with Crippen molar-refractivity contribution in [2.24, 2.45) is 0 Å². The van der Waals surface area contributed by atoms with Gasteiger partial charge in [-0.15, -0.1) is 5.10 Å². The summed E-state index contributed by atoms with van der Waals surface area (Å²) in [5.74, 6) is -9.75. The van der Waals surface area contributed by atoms with Gasteiger partial charge in [-0.3, -0.25) is 0 Å². The first-order valence-electron chi connectivity index (χ1n) is 7.10. The highest BCUT2D eigenvalue weighted by molar-refractivity contribution is 7.84. The minimum Gasteiger partial charge on any atom is -0.416 e. The molecule has 11 heteroatoms. The van der Waals surface area contributed by atoms with Gasteiger partial charge in [0.15, 0.2) is 11.6 Å². The molecular weight excluding hydrogens is 392 g/mol. The number of hydrogen-bond acceptors (Lipinski definition) is 6. The van der Waals surface area contributed by atoms with E-state index in [2.05, 4.69) is 14.9 Å². The first-order valence-corrected chi connectivity index (χ1v) is 8.66. The first-order chi connectivity index (χ1) is 12.8. The highest BCUT2D eigenvalue weighted by atomic mass is 32.2. The summed E-state index contributed by atoms with van der Waals surface area (Å²) in [6.45, 7) is 0. The fourth-order valence-electron chi connectivity index (χ4n) is 1.98. The zero-order valence-electron chi connectivity index (χ0n) is 13.3. The summed E-state index contributed by atoms with van der Waals surface area (Å²) in [6, 6.07) is 5.11. The van der Waals surface area contributed by atoms with Gasteiger partial charge in [0.2, 0.25) is 23.3 Å². The third kappa shape index (κ3) is 3.72. The van der Waals surface area contributed by atoms with E-state index >= 15 is 0 Å². The zero-order valence-corrected chi connectivity index (χ0v) is 14.2. The lowest BCUT2D eigenvalue weighted by molar-refractivity contribution is 0.0717. The Kier molecular flexibility index (Phi) is 5.04. The Bertz CT molecular complexity index is 1030. The van der Waals surface area contributed by atoms with Gasteiger partial charge in [0, 0.05) is 17.9 Å². The molecule has 1 atom stereocenters. The maximum Gasteiger partial charge on any atom is 0.343 e. The summed E-state index contributed by atoms with van der Waals surface area (Å²) < 4.78 is 74.3. The van der Waals surface area contributed by atoms with Crippen molar-refractivity contribution in [1.82, 2.24) is 10.2 Å². The molecule has 0 fully saturated rings. The Hall–Kier alpha value is -3.08. The summed E-state index contributed by atoms with van der Waals surface area (Å²) >= 11 is 0. The molecule has 0 saturated carbocycles. The lowest BCUT2D eigenvalue weighted by atomic mass is 10.1. The lowest BCUT2D eigenvalue weighted by Gasteiger charge is -2.08. The van der Waals surface area contributed by atoms with Crippen molar-refractivity contribution in [2.45, 2.75) is 5.22 Å². The van der Waals surface area contributed by atoms with Crippen LogP contribution in [0.5, 0.6) is 5.75 Å². The van der Waals surface area contributed by atoms with Crippen molar-refractivity contribution in [3.63, 3.8) is 0 Å². The molecule has 1 aromatic heterocycles. The SMILES string of the molecule is CS(=O)c1nnc(-c2ccc(C(=O)Oc3c(F)c(F)cc(F)c3F)cc2)o1. The highest BCUT2D eigenvalue weighted by Gasteiger charge is 2.23. The normalized spacial score (nSPS) is 12.0. The number of esters is 1. The standard InChI is InChI=1S/C16H8F4N2O4S/c1-27(24)16-22-21-14(26-16)7-2-4-8(5-3-7)15(23)25-13-11(19)9(17)6-10(18)12(13)20/h2-6H,1H3. The smallest absolute Gasteiger partial charge is 0.343 e. The maximum absolute atomic E-state index is 13.6. The third-order valence-corrected chi connectivity index (χ3v) is 3.94. The van der Waals surface area contributed by atoms with Crippen LogP contribution >= 0.6 is 0 Å². The first kappa shape index (κ1) is 18.7. The number of carbonyl (C=O) groups excluding carboxylic acids is 1. The molecule has 0 aliphatic carbocycles. The van der Waals surface area contributed by atoms with Crippen LogP contribution in [0.4, 0.5) is 17.6 Å². The number of rotatable bonds is 4. The molecule has 0 spiro atoms. The Morgan fingerprint density at radius 2 is 1.63 bits per heavy atom. The van der Waals surface area contributed by atoms with E-state index in [1.165, 1.54) is 30.5 Å². The van der Waals surface area contributed by atoms with Gasteiger partial charge in [-0.2, -0.15) is 8.78 Å². The van der Waals surface area contributed by atoms with E-state index in [1.807, 2.05) is 0 Å². The van der Waals surface area contributed by atoms with Crippen molar-refractivity contribution in [3.8, 4) is 17.2 Å². The molecule has 6 nitrogen and oxygen atoms in total. The number of carbonyl (C=O) groups is 1. The van der Waals surface area contributed by atoms with Crippen LogP contribution in [0.2, 0.25) is 0 Å². The van der Waals surface area contributed by atoms with Crippen molar-refractivity contribution < 1.29 is 35.7 Å². The Morgan fingerprint density at radius 1 is 1.04 bits per heavy atom. The summed E-state index contributed by atoms with van der Waals surface area (Å²) in [7, 11) is -1.47. The molecule has 27 heavy (non-hydrogen) atoms. The van der Waals surface area contributed by atoms with Gasteiger partial charge in [-0.1, -0.05) is 5.10 Å². The summed E-state index contributed by atoms with van der Waals surface area (Å²) in [5, 5.41) is 7.17. The van der Waals surface area contributed by atoms with Crippen LogP contribution in [0.3, 0.4) is 0 Å². The summed E-state index contributed by atoms with van der Waals surface area (Å²) in [6.07, 6.45) is 1.35. The van der Waals surface area contributed by atoms with E-state index in [1.54, 1.807) is 0 Å². The van der Waals surface area contributed by atoms with Gasteiger partial charge in [0.05, 0.1) is 5.56 Å². The Labute approximate surface area is 151 Å². The minimum absolute atomic E-state index is 0.00121. The number of aromatic nitrogens is 2. The second-order valence-electron chi connectivity index (χ2n) is 5.09. The minimum atomic E-state index is -1.83. The molecule has 3 aromatic rings. The van der Waals surface area contributed by atoms with Gasteiger partial charge in [0.1, 0.15) is 10.8 Å². The number of nitrogens with zero attached hydrogens (tertiary/aromatic N) is 2. The van der Waals surface area contributed by atoms with Crippen LogP contribution in [-0.4, -0.2) is 26.6 Å². The number of halogens is 4. The largest absolute Gasteiger partial charge is 0.416 e. The number of benzene rings is 2. The fourth-order valence-corrected chi connectivity index (χ4v) is 2.34. The summed E-state index contributed by atoms with van der Waals surface area (Å²) in [4.78, 5) is 12.0. The topological polar surface area (TPSA) is 82.3 Å². The van der Waals surface area contributed by atoms with Crippen LogP contribution in [0.15, 0.2) is 40.0 Å². The van der Waals surface area contributed by atoms with Crippen LogP contribution in [-0.2, 0) is 10.8 Å². The molecule has 0 N–H and O–H groups in total. The van der Waals surface area contributed by atoms with Gasteiger partial charge in [-0.25, -0.2) is 17.8 Å². The molecule has 0 saturated heterocycles. The molecule has 1 unspecified atom stereocenters. The van der Waals surface area contributed by atoms with E-state index in [0.717, 1.165) is 0 Å². The average molecular weight is 400 g/mol. The average Bonchev–Trinajstić information content (AvgIpc) is 3.14. The quantitative estimate of drug-likeness (QED) is 0.289. The van der Waals surface area contributed by atoms with Crippen LogP contribution in [0.25, 0.3) is 11.5 Å². The fraction of sp³-hybridized carbons (Fsp3) is 0.0625. The zero-order chi connectivity index (χ0) is 19.7. The van der Waals surface area contributed by atoms with Crippen LogP contribution in [0, 0.1) is 23.3 Å². The van der Waals surface area contributed by atoms with Gasteiger partial charge in [0.25, 0.3) is 0 Å². The Morgan fingerprint density at radius 3 is 2.15 bits per heavy atom. The predicted octanol–water partition coefficient (Wildman–Crippen LogP) is 3.25. The van der Waals surface area contributed by atoms with E-state index in [0.29, 0.717) is 5.56 Å². The monoisotopic (exact) mass is 400 g/mol. The summed E-state index contributed by atoms with van der Waals surface area (Å²) in [5.41, 5.74) is 0.200. The van der Waals surface area contributed by atoms with E-state index < -0.39 is 45.8 Å². The van der Waals surface area contributed by atoms with E-state index in [4.69, 9.17) is 4.42 Å². The van der Waals surface area contributed by atoms with E-state index in [9.17, 15) is 26.6 Å². The molecule has 0 bridgehead atoms. The molecule has 2 aromatic carbocycles. The van der Waals surface area contributed by atoms with Gasteiger partial charge < -0.3 is 9.15 Å². The second kappa shape index (κ2) is 7.27. The highest BCUT2D eigenvalue weighted by Crippen LogP contribution is 2.27. The van der Waals surface area contributed by atoms with Crippen molar-refractivity contribution in [3.05, 3.63) is 59.2 Å². The molecule has 3 rings (SSSR count). The molecule has 0 amide bonds. The predicted molar refractivity (Wildman–Crippen MR) is 83.3 cm³/mol. The van der Waals surface area contributed by atoms with Gasteiger partial charge in [-0.05, 0) is 24.3 Å². The van der Waals surface area contributed by atoms with Crippen molar-refractivity contribution >= 4 is 16.8 Å². The molecule has 0 aliphatic rings. The third-order valence-electron chi connectivity index (χ3n) is 3.29. The van der Waals surface area contributed by atoms with Crippen molar-refractivity contribution in [2.75, 3.05) is 6.26 Å². The van der Waals surface area contributed by atoms with Crippen LogP contribution < -0.4 is 4.74 Å². The molecule has 1 heterocycles. The maximum atomic E-state index is 13.6. The van der Waals surface area contributed by atoms with E-state index in [-0.39, 0.29) is 22.7 Å².